The van der Waals surface area contributed by atoms with Gasteiger partial charge in [-0.1, -0.05) is 18.2 Å². The van der Waals surface area contributed by atoms with Crippen LogP contribution in [0.15, 0.2) is 36.5 Å². The first kappa shape index (κ1) is 14.0. The van der Waals surface area contributed by atoms with Crippen molar-refractivity contribution in [2.24, 2.45) is 5.73 Å². The van der Waals surface area contributed by atoms with Crippen LogP contribution in [-0.2, 0) is 0 Å². The van der Waals surface area contributed by atoms with Crippen molar-refractivity contribution in [2.75, 3.05) is 13.1 Å². The first-order valence-corrected chi connectivity index (χ1v) is 7.66. The zero-order chi connectivity index (χ0) is 14.7. The predicted molar refractivity (Wildman–Crippen MR) is 84.1 cm³/mol. The maximum atomic E-state index is 13.0. The van der Waals surface area contributed by atoms with Crippen LogP contribution in [0.5, 0.6) is 0 Å². The largest absolute Gasteiger partial charge is 0.336 e. The average molecular weight is 283 g/mol. The zero-order valence-electron chi connectivity index (χ0n) is 12.2. The Morgan fingerprint density at radius 3 is 2.81 bits per heavy atom. The molecule has 1 aromatic carbocycles. The Hall–Kier alpha value is -1.94. The third kappa shape index (κ3) is 2.76. The van der Waals surface area contributed by atoms with Crippen molar-refractivity contribution in [3.63, 3.8) is 0 Å². The van der Waals surface area contributed by atoms with Gasteiger partial charge in [-0.2, -0.15) is 0 Å². The number of hydrogen-bond acceptors (Lipinski definition) is 3. The lowest BCUT2D eigenvalue weighted by Crippen LogP contribution is -2.45. The lowest BCUT2D eigenvalue weighted by Gasteiger charge is -2.37. The number of hydrogen-bond donors (Lipinski definition) is 1. The van der Waals surface area contributed by atoms with Crippen LogP contribution in [0, 0.1) is 0 Å². The Labute approximate surface area is 125 Å². The second-order valence-corrected chi connectivity index (χ2v) is 5.60. The van der Waals surface area contributed by atoms with Crippen molar-refractivity contribution in [1.29, 1.82) is 0 Å². The van der Waals surface area contributed by atoms with Crippen molar-refractivity contribution < 1.29 is 4.79 Å². The van der Waals surface area contributed by atoms with Crippen LogP contribution in [0.3, 0.4) is 0 Å². The quantitative estimate of drug-likeness (QED) is 0.917. The van der Waals surface area contributed by atoms with Crippen LogP contribution in [0.4, 0.5) is 0 Å². The van der Waals surface area contributed by atoms with Crippen LogP contribution in [0.25, 0.3) is 10.9 Å². The zero-order valence-corrected chi connectivity index (χ0v) is 12.2. The number of carbonyl (C=O) groups excluding carboxylic acids is 1. The number of carbonyl (C=O) groups is 1. The molecule has 0 aliphatic heterocycles. The summed E-state index contributed by atoms with van der Waals surface area (Å²) in [4.78, 5) is 19.3. The molecule has 0 unspecified atom stereocenters. The predicted octanol–water partition coefficient (Wildman–Crippen LogP) is 2.58. The summed E-state index contributed by atoms with van der Waals surface area (Å²) >= 11 is 0. The number of fused-ring (bicyclic) bond motifs is 1. The Morgan fingerprint density at radius 2 is 2.10 bits per heavy atom. The third-order valence-electron chi connectivity index (χ3n) is 4.26. The van der Waals surface area contributed by atoms with E-state index in [0.29, 0.717) is 12.6 Å². The summed E-state index contributed by atoms with van der Waals surface area (Å²) in [6.45, 7) is 1.37. The molecule has 2 N–H and O–H groups in total. The average Bonchev–Trinajstić information content (AvgIpc) is 2.48. The van der Waals surface area contributed by atoms with Crippen molar-refractivity contribution in [1.82, 2.24) is 9.88 Å². The summed E-state index contributed by atoms with van der Waals surface area (Å²) in [7, 11) is 0. The molecule has 1 aromatic heterocycles. The summed E-state index contributed by atoms with van der Waals surface area (Å²) in [6.07, 6.45) is 6.01. The van der Waals surface area contributed by atoms with Crippen molar-refractivity contribution in [3.8, 4) is 0 Å². The molecule has 1 aliphatic rings. The minimum atomic E-state index is 0.117. The van der Waals surface area contributed by atoms with Gasteiger partial charge in [0.15, 0.2) is 0 Å². The van der Waals surface area contributed by atoms with E-state index in [0.717, 1.165) is 42.3 Å². The first-order chi connectivity index (χ1) is 10.3. The fraction of sp³-hybridized carbons (Fsp3) is 0.412. The van der Waals surface area contributed by atoms with E-state index in [-0.39, 0.29) is 5.91 Å². The minimum absolute atomic E-state index is 0.117. The summed E-state index contributed by atoms with van der Waals surface area (Å²) in [5.41, 5.74) is 7.24. The molecular weight excluding hydrogens is 262 g/mol. The van der Waals surface area contributed by atoms with E-state index in [2.05, 4.69) is 4.98 Å². The van der Waals surface area contributed by atoms with Crippen molar-refractivity contribution in [2.45, 2.75) is 31.7 Å². The molecule has 0 bridgehead atoms. The van der Waals surface area contributed by atoms with Gasteiger partial charge in [0.2, 0.25) is 0 Å². The molecule has 1 saturated carbocycles. The van der Waals surface area contributed by atoms with Gasteiger partial charge in [0, 0.05) is 24.2 Å². The minimum Gasteiger partial charge on any atom is -0.336 e. The first-order valence-electron chi connectivity index (χ1n) is 7.66. The second-order valence-electron chi connectivity index (χ2n) is 5.60. The number of pyridine rings is 1. The van der Waals surface area contributed by atoms with E-state index in [4.69, 9.17) is 5.73 Å². The third-order valence-corrected chi connectivity index (χ3v) is 4.26. The highest BCUT2D eigenvalue weighted by molar-refractivity contribution is 6.06. The summed E-state index contributed by atoms with van der Waals surface area (Å²) in [5, 5.41) is 0.932. The van der Waals surface area contributed by atoms with Crippen molar-refractivity contribution in [3.05, 3.63) is 42.1 Å². The standard InChI is InChI=1S/C17H21N3O/c18-10-4-12-20(13-5-3-6-13)17(21)15-9-11-19-16-8-2-1-7-14(15)16/h1-2,7-9,11,13H,3-6,10,12,18H2. The highest BCUT2D eigenvalue weighted by Gasteiger charge is 2.29. The fourth-order valence-corrected chi connectivity index (χ4v) is 2.85. The topological polar surface area (TPSA) is 59.2 Å². The molecule has 1 amide bonds. The SMILES string of the molecule is NCCCN(C(=O)c1ccnc2ccccc12)C1CCC1. The lowest BCUT2D eigenvalue weighted by atomic mass is 9.90. The van der Waals surface area contributed by atoms with Gasteiger partial charge in [-0.3, -0.25) is 9.78 Å². The van der Waals surface area contributed by atoms with E-state index in [9.17, 15) is 4.79 Å². The molecule has 0 radical (unpaired) electrons. The maximum absolute atomic E-state index is 13.0. The van der Waals surface area contributed by atoms with Gasteiger partial charge in [-0.05, 0) is 44.4 Å². The lowest BCUT2D eigenvalue weighted by molar-refractivity contribution is 0.0580. The monoisotopic (exact) mass is 283 g/mol. The van der Waals surface area contributed by atoms with Crippen LogP contribution in [0.1, 0.15) is 36.0 Å². The Morgan fingerprint density at radius 1 is 1.29 bits per heavy atom. The molecule has 1 aliphatic carbocycles. The number of rotatable bonds is 5. The van der Waals surface area contributed by atoms with Gasteiger partial charge in [-0.15, -0.1) is 0 Å². The molecule has 1 fully saturated rings. The van der Waals surface area contributed by atoms with Gasteiger partial charge in [-0.25, -0.2) is 0 Å². The number of benzene rings is 1. The van der Waals surface area contributed by atoms with E-state index in [1.165, 1.54) is 6.42 Å². The number of amides is 1. The molecule has 1 heterocycles. The van der Waals surface area contributed by atoms with Crippen molar-refractivity contribution >= 4 is 16.8 Å². The number of para-hydroxylation sites is 1. The number of nitrogens with two attached hydrogens (primary N) is 1. The molecule has 0 saturated heterocycles. The number of aromatic nitrogens is 1. The van der Waals surface area contributed by atoms with Gasteiger partial charge >= 0.3 is 0 Å². The van der Waals surface area contributed by atoms with E-state index in [1.807, 2.05) is 35.2 Å². The van der Waals surface area contributed by atoms with Gasteiger partial charge in [0.1, 0.15) is 0 Å². The molecule has 2 aromatic rings. The second kappa shape index (κ2) is 6.22. The van der Waals surface area contributed by atoms with Gasteiger partial charge in [0.05, 0.1) is 11.1 Å². The molecule has 21 heavy (non-hydrogen) atoms. The van der Waals surface area contributed by atoms with Crippen LogP contribution >= 0.6 is 0 Å². The molecule has 3 rings (SSSR count). The Bertz CT molecular complexity index is 631. The molecule has 110 valence electrons. The van der Waals surface area contributed by atoms with Gasteiger partial charge < -0.3 is 10.6 Å². The summed E-state index contributed by atoms with van der Waals surface area (Å²) in [6, 6.07) is 10.0. The molecular formula is C17H21N3O. The van der Waals surface area contributed by atoms with Gasteiger partial charge in [0.25, 0.3) is 5.91 Å². The summed E-state index contributed by atoms with van der Waals surface area (Å²) < 4.78 is 0. The Balaban J connectivity index is 1.93. The van der Waals surface area contributed by atoms with Crippen LogP contribution in [0.2, 0.25) is 0 Å². The smallest absolute Gasteiger partial charge is 0.254 e. The fourth-order valence-electron chi connectivity index (χ4n) is 2.85. The highest BCUT2D eigenvalue weighted by atomic mass is 16.2. The number of nitrogens with zero attached hydrogens (tertiary/aromatic N) is 2. The molecule has 0 spiro atoms. The molecule has 4 nitrogen and oxygen atoms in total. The van der Waals surface area contributed by atoms with Crippen LogP contribution < -0.4 is 5.73 Å². The summed E-state index contributed by atoms with van der Waals surface area (Å²) in [5.74, 6) is 0.117. The highest BCUT2D eigenvalue weighted by Crippen LogP contribution is 2.27. The molecule has 4 heteroatoms. The van der Waals surface area contributed by atoms with E-state index >= 15 is 0 Å². The van der Waals surface area contributed by atoms with E-state index < -0.39 is 0 Å². The van der Waals surface area contributed by atoms with Crippen LogP contribution in [-0.4, -0.2) is 34.9 Å². The van der Waals surface area contributed by atoms with E-state index in [1.54, 1.807) is 6.20 Å². The Kier molecular flexibility index (Phi) is 4.15. The normalized spacial score (nSPS) is 14.9. The maximum Gasteiger partial charge on any atom is 0.254 e. The molecule has 0 atom stereocenters.